The molecule has 1 aliphatic heterocycles. The second kappa shape index (κ2) is 5.46. The van der Waals surface area contributed by atoms with Gasteiger partial charge in [-0.05, 0) is 26.8 Å². The molecule has 0 bridgehead atoms. The number of carbonyl (C=O) groups excluding carboxylic acids is 1. The number of aliphatic hydroxyl groups is 1. The Balaban J connectivity index is 2.31. The monoisotopic (exact) mass is 226 g/mol. The molecule has 1 fully saturated rings. The number of nitrogens with one attached hydrogen (secondary N) is 1. The van der Waals surface area contributed by atoms with E-state index in [0.717, 1.165) is 19.5 Å². The molecule has 0 radical (unpaired) electrons. The average Bonchev–Trinajstić information content (AvgIpc) is 2.62. The van der Waals surface area contributed by atoms with Crippen molar-refractivity contribution in [2.24, 2.45) is 5.92 Å². The van der Waals surface area contributed by atoms with Crippen molar-refractivity contribution < 1.29 is 9.90 Å². The number of rotatable bonds is 5. The minimum absolute atomic E-state index is 0.0243. The minimum atomic E-state index is -0.646. The van der Waals surface area contributed by atoms with Crippen LogP contribution in [0, 0.1) is 5.92 Å². The first-order chi connectivity index (χ1) is 7.43. The Morgan fingerprint density at radius 2 is 2.38 bits per heavy atom. The first-order valence-electron chi connectivity index (χ1n) is 5.76. The summed E-state index contributed by atoms with van der Waals surface area (Å²) in [5, 5.41) is 12.6. The maximum absolute atomic E-state index is 11.5. The number of amides is 1. The third-order valence-corrected chi connectivity index (χ3v) is 3.08. The zero-order valence-corrected chi connectivity index (χ0v) is 10.2. The minimum Gasteiger partial charge on any atom is -0.390 e. The number of carbonyl (C=O) groups is 1. The van der Waals surface area contributed by atoms with Gasteiger partial charge in [-0.1, -0.05) is 6.08 Å². The quantitative estimate of drug-likeness (QED) is 0.666. The molecule has 4 heteroatoms. The van der Waals surface area contributed by atoms with Crippen LogP contribution in [0.25, 0.3) is 0 Å². The van der Waals surface area contributed by atoms with Crippen molar-refractivity contribution in [1.29, 1.82) is 0 Å². The van der Waals surface area contributed by atoms with Gasteiger partial charge in [0, 0.05) is 19.0 Å². The second-order valence-electron chi connectivity index (χ2n) is 4.97. The Bertz CT molecular complexity index is 258. The summed E-state index contributed by atoms with van der Waals surface area (Å²) >= 11 is 0. The topological polar surface area (TPSA) is 52.6 Å². The molecule has 1 saturated heterocycles. The Labute approximate surface area is 97.3 Å². The lowest BCUT2D eigenvalue weighted by atomic mass is 9.90. The zero-order chi connectivity index (χ0) is 12.2. The molecule has 0 aliphatic carbocycles. The van der Waals surface area contributed by atoms with E-state index in [1.54, 1.807) is 6.08 Å². The summed E-state index contributed by atoms with van der Waals surface area (Å²) in [7, 11) is 0. The molecule has 92 valence electrons. The van der Waals surface area contributed by atoms with Crippen LogP contribution in [0.4, 0.5) is 0 Å². The fraction of sp³-hybridized carbons (Fsp3) is 0.750. The van der Waals surface area contributed by atoms with E-state index in [4.69, 9.17) is 0 Å². The summed E-state index contributed by atoms with van der Waals surface area (Å²) in [6, 6.07) is 0. The van der Waals surface area contributed by atoms with Crippen LogP contribution in [0.15, 0.2) is 12.7 Å². The molecule has 0 aromatic heterocycles. The molecule has 1 atom stereocenters. The van der Waals surface area contributed by atoms with Crippen LogP contribution in [0.5, 0.6) is 0 Å². The maximum atomic E-state index is 11.5. The van der Waals surface area contributed by atoms with Gasteiger partial charge in [0.2, 0.25) is 5.91 Å². The number of nitrogens with zero attached hydrogens (tertiary/aromatic N) is 1. The van der Waals surface area contributed by atoms with Crippen molar-refractivity contribution in [2.45, 2.75) is 25.9 Å². The van der Waals surface area contributed by atoms with E-state index >= 15 is 0 Å². The van der Waals surface area contributed by atoms with Crippen LogP contribution in [0.3, 0.4) is 0 Å². The molecule has 1 amide bonds. The van der Waals surface area contributed by atoms with Gasteiger partial charge in [0.1, 0.15) is 0 Å². The first-order valence-corrected chi connectivity index (χ1v) is 5.76. The lowest BCUT2D eigenvalue weighted by molar-refractivity contribution is -0.121. The highest BCUT2D eigenvalue weighted by Crippen LogP contribution is 2.26. The van der Waals surface area contributed by atoms with Crippen LogP contribution >= 0.6 is 0 Å². The third kappa shape index (κ3) is 3.94. The van der Waals surface area contributed by atoms with E-state index in [1.165, 1.54) is 0 Å². The average molecular weight is 226 g/mol. The molecule has 0 aromatic carbocycles. The normalized spacial score (nSPS) is 22.1. The number of likely N-dealkylation sites (tertiary alicyclic amines) is 1. The van der Waals surface area contributed by atoms with Crippen molar-refractivity contribution in [2.75, 3.05) is 26.2 Å². The predicted molar refractivity (Wildman–Crippen MR) is 64.1 cm³/mol. The molecule has 0 saturated carbocycles. The third-order valence-electron chi connectivity index (χ3n) is 3.08. The molecular formula is C12H22N2O2. The van der Waals surface area contributed by atoms with Crippen molar-refractivity contribution in [1.82, 2.24) is 10.2 Å². The Morgan fingerprint density at radius 1 is 1.69 bits per heavy atom. The highest BCUT2D eigenvalue weighted by Gasteiger charge is 2.33. The first kappa shape index (κ1) is 13.2. The van der Waals surface area contributed by atoms with Gasteiger partial charge in [-0.25, -0.2) is 0 Å². The molecule has 4 nitrogen and oxygen atoms in total. The van der Waals surface area contributed by atoms with E-state index in [-0.39, 0.29) is 11.8 Å². The Hall–Kier alpha value is -0.870. The fourth-order valence-corrected chi connectivity index (χ4v) is 2.00. The van der Waals surface area contributed by atoms with Gasteiger partial charge in [0.25, 0.3) is 0 Å². The van der Waals surface area contributed by atoms with Gasteiger partial charge in [-0.3, -0.25) is 9.69 Å². The standard InChI is InChI=1S/C12H22N2O2/c1-4-6-13-11(15)9-14-7-5-10(8-14)12(2,3)16/h4,10,16H,1,5-9H2,2-3H3,(H,13,15). The summed E-state index contributed by atoms with van der Waals surface area (Å²) in [6.07, 6.45) is 2.62. The molecule has 1 heterocycles. The summed E-state index contributed by atoms with van der Waals surface area (Å²) in [6.45, 7) is 9.83. The highest BCUT2D eigenvalue weighted by atomic mass is 16.3. The van der Waals surface area contributed by atoms with Crippen LogP contribution in [-0.4, -0.2) is 47.7 Å². The van der Waals surface area contributed by atoms with E-state index in [1.807, 2.05) is 13.8 Å². The lowest BCUT2D eigenvalue weighted by Gasteiger charge is -2.25. The van der Waals surface area contributed by atoms with Crippen molar-refractivity contribution in [3.05, 3.63) is 12.7 Å². The van der Waals surface area contributed by atoms with Gasteiger partial charge < -0.3 is 10.4 Å². The summed E-state index contributed by atoms with van der Waals surface area (Å²) in [4.78, 5) is 13.5. The van der Waals surface area contributed by atoms with E-state index < -0.39 is 5.60 Å². The Morgan fingerprint density at radius 3 is 2.88 bits per heavy atom. The van der Waals surface area contributed by atoms with Gasteiger partial charge >= 0.3 is 0 Å². The molecule has 2 N–H and O–H groups in total. The fourth-order valence-electron chi connectivity index (χ4n) is 2.00. The second-order valence-corrected chi connectivity index (χ2v) is 4.97. The van der Waals surface area contributed by atoms with E-state index in [9.17, 15) is 9.90 Å². The molecule has 1 unspecified atom stereocenters. The van der Waals surface area contributed by atoms with Gasteiger partial charge in [0.05, 0.1) is 12.1 Å². The smallest absolute Gasteiger partial charge is 0.234 e. The zero-order valence-electron chi connectivity index (χ0n) is 10.2. The number of hydrogen-bond acceptors (Lipinski definition) is 3. The highest BCUT2D eigenvalue weighted by molar-refractivity contribution is 5.78. The van der Waals surface area contributed by atoms with E-state index in [2.05, 4.69) is 16.8 Å². The lowest BCUT2D eigenvalue weighted by Crippen LogP contribution is -2.38. The van der Waals surface area contributed by atoms with Gasteiger partial charge in [0.15, 0.2) is 0 Å². The van der Waals surface area contributed by atoms with Crippen LogP contribution in [0.2, 0.25) is 0 Å². The van der Waals surface area contributed by atoms with Gasteiger partial charge in [-0.15, -0.1) is 6.58 Å². The van der Waals surface area contributed by atoms with Crippen LogP contribution in [0.1, 0.15) is 20.3 Å². The van der Waals surface area contributed by atoms with Crippen molar-refractivity contribution in [3.8, 4) is 0 Å². The summed E-state index contributed by atoms with van der Waals surface area (Å²) in [5.74, 6) is 0.288. The van der Waals surface area contributed by atoms with Crippen molar-refractivity contribution >= 4 is 5.91 Å². The van der Waals surface area contributed by atoms with E-state index in [0.29, 0.717) is 13.1 Å². The van der Waals surface area contributed by atoms with Crippen molar-refractivity contribution in [3.63, 3.8) is 0 Å². The molecule has 16 heavy (non-hydrogen) atoms. The van der Waals surface area contributed by atoms with Gasteiger partial charge in [-0.2, -0.15) is 0 Å². The van der Waals surface area contributed by atoms with Crippen LogP contribution < -0.4 is 5.32 Å². The predicted octanol–water partition coefficient (Wildman–Crippen LogP) is 0.381. The summed E-state index contributed by atoms with van der Waals surface area (Å²) in [5.41, 5.74) is -0.646. The SMILES string of the molecule is C=CCNC(=O)CN1CCC(C(C)(C)O)C1. The largest absolute Gasteiger partial charge is 0.390 e. The number of hydrogen-bond donors (Lipinski definition) is 2. The molecule has 1 rings (SSSR count). The molecular weight excluding hydrogens is 204 g/mol. The summed E-state index contributed by atoms with van der Waals surface area (Å²) < 4.78 is 0. The maximum Gasteiger partial charge on any atom is 0.234 e. The molecule has 1 aliphatic rings. The van der Waals surface area contributed by atoms with Crippen LogP contribution in [-0.2, 0) is 4.79 Å². The molecule has 0 aromatic rings. The molecule has 0 spiro atoms. The Kier molecular flexibility index (Phi) is 4.50.